The van der Waals surface area contributed by atoms with Gasteiger partial charge in [-0.05, 0) is 40.2 Å². The SMILES string of the molecule is CCCCOCCCNCC(=O)OC(C)(C)C. The predicted molar refractivity (Wildman–Crippen MR) is 69.1 cm³/mol. The van der Waals surface area contributed by atoms with Crippen LogP contribution in [0.4, 0.5) is 0 Å². The predicted octanol–water partition coefficient (Wildman–Crippen LogP) is 2.12. The molecule has 1 N–H and O–H groups in total. The molecule has 17 heavy (non-hydrogen) atoms. The topological polar surface area (TPSA) is 47.6 Å². The van der Waals surface area contributed by atoms with Crippen LogP contribution in [-0.4, -0.2) is 37.9 Å². The van der Waals surface area contributed by atoms with Crippen LogP contribution in [0.1, 0.15) is 47.0 Å². The fraction of sp³-hybridized carbons (Fsp3) is 0.923. The summed E-state index contributed by atoms with van der Waals surface area (Å²) in [6.07, 6.45) is 3.20. The van der Waals surface area contributed by atoms with Crippen LogP contribution in [0.3, 0.4) is 0 Å². The van der Waals surface area contributed by atoms with Gasteiger partial charge in [-0.2, -0.15) is 0 Å². The summed E-state index contributed by atoms with van der Waals surface area (Å²) in [5.41, 5.74) is -0.401. The molecule has 0 heterocycles. The maximum atomic E-state index is 11.3. The van der Waals surface area contributed by atoms with E-state index in [4.69, 9.17) is 9.47 Å². The molecule has 0 fully saturated rings. The van der Waals surface area contributed by atoms with Crippen molar-refractivity contribution in [2.45, 2.75) is 52.6 Å². The fourth-order valence-electron chi connectivity index (χ4n) is 1.22. The number of nitrogens with one attached hydrogen (secondary N) is 1. The maximum Gasteiger partial charge on any atom is 0.320 e. The molecule has 4 heteroatoms. The molecule has 0 bridgehead atoms. The van der Waals surface area contributed by atoms with E-state index >= 15 is 0 Å². The summed E-state index contributed by atoms with van der Waals surface area (Å²) >= 11 is 0. The molecule has 0 aromatic heterocycles. The lowest BCUT2D eigenvalue weighted by Crippen LogP contribution is -2.32. The first-order valence-corrected chi connectivity index (χ1v) is 6.46. The van der Waals surface area contributed by atoms with Gasteiger partial charge in [0.05, 0.1) is 6.54 Å². The number of esters is 1. The number of unbranched alkanes of at least 4 members (excludes halogenated alkanes) is 1. The molecule has 0 aliphatic carbocycles. The van der Waals surface area contributed by atoms with E-state index in [1.807, 2.05) is 20.8 Å². The van der Waals surface area contributed by atoms with Crippen molar-refractivity contribution in [3.63, 3.8) is 0 Å². The zero-order valence-corrected chi connectivity index (χ0v) is 11.7. The fourth-order valence-corrected chi connectivity index (χ4v) is 1.22. The van der Waals surface area contributed by atoms with Gasteiger partial charge in [0.25, 0.3) is 0 Å². The molecule has 0 aliphatic rings. The Hall–Kier alpha value is -0.610. The average molecular weight is 245 g/mol. The zero-order valence-electron chi connectivity index (χ0n) is 11.7. The maximum absolute atomic E-state index is 11.3. The van der Waals surface area contributed by atoms with Crippen LogP contribution in [-0.2, 0) is 14.3 Å². The Morgan fingerprint density at radius 2 is 1.82 bits per heavy atom. The van der Waals surface area contributed by atoms with Crippen LogP contribution < -0.4 is 5.32 Å². The number of carbonyl (C=O) groups is 1. The van der Waals surface area contributed by atoms with E-state index in [0.717, 1.165) is 39.0 Å². The molecule has 0 unspecified atom stereocenters. The van der Waals surface area contributed by atoms with Crippen molar-refractivity contribution in [3.05, 3.63) is 0 Å². The molecule has 4 nitrogen and oxygen atoms in total. The monoisotopic (exact) mass is 245 g/mol. The minimum Gasteiger partial charge on any atom is -0.459 e. The van der Waals surface area contributed by atoms with Gasteiger partial charge in [-0.1, -0.05) is 13.3 Å². The minimum absolute atomic E-state index is 0.204. The van der Waals surface area contributed by atoms with Crippen molar-refractivity contribution in [1.29, 1.82) is 0 Å². The highest BCUT2D eigenvalue weighted by molar-refractivity contribution is 5.72. The first-order chi connectivity index (χ1) is 7.95. The van der Waals surface area contributed by atoms with Crippen LogP contribution in [0.2, 0.25) is 0 Å². The van der Waals surface area contributed by atoms with Crippen molar-refractivity contribution in [1.82, 2.24) is 5.32 Å². The molecule has 0 radical (unpaired) electrons. The van der Waals surface area contributed by atoms with Crippen molar-refractivity contribution in [3.8, 4) is 0 Å². The summed E-state index contributed by atoms with van der Waals surface area (Å²) in [7, 11) is 0. The average Bonchev–Trinajstić information content (AvgIpc) is 2.19. The molecular weight excluding hydrogens is 218 g/mol. The minimum atomic E-state index is -0.401. The molecule has 102 valence electrons. The van der Waals surface area contributed by atoms with Gasteiger partial charge in [0, 0.05) is 13.2 Å². The second kappa shape index (κ2) is 9.42. The van der Waals surface area contributed by atoms with Gasteiger partial charge in [-0.15, -0.1) is 0 Å². The molecule has 0 rings (SSSR count). The molecule has 0 saturated heterocycles. The highest BCUT2D eigenvalue weighted by Crippen LogP contribution is 2.06. The third-order valence-corrected chi connectivity index (χ3v) is 1.97. The van der Waals surface area contributed by atoms with Crippen molar-refractivity contribution in [2.75, 3.05) is 26.3 Å². The molecule has 0 aromatic rings. The molecule has 0 amide bonds. The highest BCUT2D eigenvalue weighted by atomic mass is 16.6. The summed E-state index contributed by atoms with van der Waals surface area (Å²) in [5.74, 6) is -0.204. The largest absolute Gasteiger partial charge is 0.459 e. The summed E-state index contributed by atoms with van der Waals surface area (Å²) < 4.78 is 10.6. The lowest BCUT2D eigenvalue weighted by molar-refractivity contribution is -0.153. The molecule has 0 aliphatic heterocycles. The molecule has 0 spiro atoms. The third kappa shape index (κ3) is 13.3. The Balaban J connectivity index is 3.25. The molecule has 0 saturated carbocycles. The molecular formula is C13H27NO3. The van der Waals surface area contributed by atoms with Gasteiger partial charge in [-0.25, -0.2) is 0 Å². The quantitative estimate of drug-likeness (QED) is 0.499. The number of rotatable bonds is 9. The van der Waals surface area contributed by atoms with Crippen molar-refractivity contribution < 1.29 is 14.3 Å². The van der Waals surface area contributed by atoms with Gasteiger partial charge in [-0.3, -0.25) is 4.79 Å². The number of carbonyl (C=O) groups excluding carboxylic acids is 1. The van der Waals surface area contributed by atoms with E-state index in [0.29, 0.717) is 0 Å². The van der Waals surface area contributed by atoms with Crippen LogP contribution >= 0.6 is 0 Å². The van der Waals surface area contributed by atoms with Gasteiger partial charge in [0.1, 0.15) is 5.60 Å². The van der Waals surface area contributed by atoms with Gasteiger partial charge >= 0.3 is 5.97 Å². The van der Waals surface area contributed by atoms with E-state index in [-0.39, 0.29) is 12.5 Å². The number of ether oxygens (including phenoxy) is 2. The molecule has 0 aromatic carbocycles. The Morgan fingerprint density at radius 1 is 1.18 bits per heavy atom. The number of hydrogen-bond acceptors (Lipinski definition) is 4. The Morgan fingerprint density at radius 3 is 2.41 bits per heavy atom. The van der Waals surface area contributed by atoms with E-state index in [2.05, 4.69) is 12.2 Å². The summed E-state index contributed by atoms with van der Waals surface area (Å²) in [6, 6.07) is 0. The zero-order chi connectivity index (χ0) is 13.1. The third-order valence-electron chi connectivity index (χ3n) is 1.97. The second-order valence-electron chi connectivity index (χ2n) is 5.08. The van der Waals surface area contributed by atoms with Gasteiger partial charge in [0.15, 0.2) is 0 Å². The Bertz CT molecular complexity index is 199. The van der Waals surface area contributed by atoms with Crippen LogP contribution in [0, 0.1) is 0 Å². The van der Waals surface area contributed by atoms with Gasteiger partial charge in [0.2, 0.25) is 0 Å². The standard InChI is InChI=1S/C13H27NO3/c1-5-6-9-16-10-7-8-14-11-12(15)17-13(2,3)4/h14H,5-11H2,1-4H3. The van der Waals surface area contributed by atoms with E-state index in [1.165, 1.54) is 0 Å². The van der Waals surface area contributed by atoms with Crippen molar-refractivity contribution >= 4 is 5.97 Å². The van der Waals surface area contributed by atoms with E-state index in [1.54, 1.807) is 0 Å². The lowest BCUT2D eigenvalue weighted by atomic mass is 10.2. The second-order valence-corrected chi connectivity index (χ2v) is 5.08. The van der Waals surface area contributed by atoms with E-state index < -0.39 is 5.60 Å². The van der Waals surface area contributed by atoms with Gasteiger partial charge < -0.3 is 14.8 Å². The lowest BCUT2D eigenvalue weighted by Gasteiger charge is -2.19. The first-order valence-electron chi connectivity index (χ1n) is 6.46. The van der Waals surface area contributed by atoms with E-state index in [9.17, 15) is 4.79 Å². The molecule has 0 atom stereocenters. The Kier molecular flexibility index (Phi) is 9.09. The Labute approximate surface area is 105 Å². The first kappa shape index (κ1) is 16.4. The summed E-state index contributed by atoms with van der Waals surface area (Å²) in [4.78, 5) is 11.3. The summed E-state index contributed by atoms with van der Waals surface area (Å²) in [5, 5.41) is 3.04. The van der Waals surface area contributed by atoms with Crippen molar-refractivity contribution in [2.24, 2.45) is 0 Å². The van der Waals surface area contributed by atoms with Crippen LogP contribution in [0.15, 0.2) is 0 Å². The highest BCUT2D eigenvalue weighted by Gasteiger charge is 2.15. The van der Waals surface area contributed by atoms with Crippen LogP contribution in [0.5, 0.6) is 0 Å². The summed E-state index contributed by atoms with van der Waals surface area (Å²) in [6.45, 7) is 10.4. The normalized spacial score (nSPS) is 11.5. The number of hydrogen-bond donors (Lipinski definition) is 1. The smallest absolute Gasteiger partial charge is 0.320 e. The van der Waals surface area contributed by atoms with Crippen LogP contribution in [0.25, 0.3) is 0 Å².